The summed E-state index contributed by atoms with van der Waals surface area (Å²) in [6.45, 7) is 1.87. The zero-order valence-electron chi connectivity index (χ0n) is 10.6. The molecule has 1 atom stereocenters. The Morgan fingerprint density at radius 2 is 2.33 bits per heavy atom. The van der Waals surface area contributed by atoms with Crippen LogP contribution < -0.4 is 5.32 Å². The van der Waals surface area contributed by atoms with E-state index in [0.29, 0.717) is 17.4 Å². The zero-order valence-corrected chi connectivity index (χ0v) is 11.4. The summed E-state index contributed by atoms with van der Waals surface area (Å²) in [5, 5.41) is 7.50. The molecule has 3 rings (SSSR count). The SMILES string of the molecule is Cn1cc(CC2(C3CCS(=O)(=O)C3)CNC2)cn1. The van der Waals surface area contributed by atoms with Gasteiger partial charge in [-0.1, -0.05) is 0 Å². The topological polar surface area (TPSA) is 64.0 Å². The summed E-state index contributed by atoms with van der Waals surface area (Å²) in [6.07, 6.45) is 5.69. The third-order valence-electron chi connectivity index (χ3n) is 4.37. The molecule has 3 heterocycles. The highest BCUT2D eigenvalue weighted by molar-refractivity contribution is 7.91. The average Bonchev–Trinajstić information content (AvgIpc) is 2.79. The monoisotopic (exact) mass is 269 g/mol. The first-order valence-corrected chi connectivity index (χ1v) is 8.20. The highest BCUT2D eigenvalue weighted by atomic mass is 32.2. The maximum Gasteiger partial charge on any atom is 0.150 e. The van der Waals surface area contributed by atoms with Crippen molar-refractivity contribution in [3.8, 4) is 0 Å². The van der Waals surface area contributed by atoms with Crippen LogP contribution in [0.1, 0.15) is 12.0 Å². The molecule has 18 heavy (non-hydrogen) atoms. The largest absolute Gasteiger partial charge is 0.315 e. The van der Waals surface area contributed by atoms with Crippen LogP contribution in [0.3, 0.4) is 0 Å². The number of nitrogens with zero attached hydrogens (tertiary/aromatic N) is 2. The summed E-state index contributed by atoms with van der Waals surface area (Å²) in [7, 11) is -0.879. The number of aromatic nitrogens is 2. The molecule has 100 valence electrons. The van der Waals surface area contributed by atoms with E-state index in [1.807, 2.05) is 19.4 Å². The van der Waals surface area contributed by atoms with Crippen LogP contribution in [0, 0.1) is 11.3 Å². The van der Waals surface area contributed by atoms with Crippen LogP contribution in [0.5, 0.6) is 0 Å². The minimum absolute atomic E-state index is 0.132. The molecule has 1 aromatic rings. The van der Waals surface area contributed by atoms with Crippen LogP contribution in [0.15, 0.2) is 12.4 Å². The molecule has 0 radical (unpaired) electrons. The van der Waals surface area contributed by atoms with E-state index in [-0.39, 0.29) is 5.41 Å². The van der Waals surface area contributed by atoms with E-state index in [4.69, 9.17) is 0 Å². The van der Waals surface area contributed by atoms with E-state index in [9.17, 15) is 8.42 Å². The Morgan fingerprint density at radius 1 is 1.56 bits per heavy atom. The molecule has 0 bridgehead atoms. The fraction of sp³-hybridized carbons (Fsp3) is 0.750. The van der Waals surface area contributed by atoms with Crippen molar-refractivity contribution in [3.63, 3.8) is 0 Å². The first kappa shape index (κ1) is 12.2. The van der Waals surface area contributed by atoms with Gasteiger partial charge in [-0.25, -0.2) is 8.42 Å². The molecule has 1 unspecified atom stereocenters. The zero-order chi connectivity index (χ0) is 12.8. The molecular weight excluding hydrogens is 250 g/mol. The van der Waals surface area contributed by atoms with Gasteiger partial charge in [0.1, 0.15) is 0 Å². The van der Waals surface area contributed by atoms with Crippen molar-refractivity contribution in [1.82, 2.24) is 15.1 Å². The van der Waals surface area contributed by atoms with Crippen molar-refractivity contribution in [2.24, 2.45) is 18.4 Å². The molecule has 0 aliphatic carbocycles. The van der Waals surface area contributed by atoms with Gasteiger partial charge < -0.3 is 5.32 Å². The van der Waals surface area contributed by atoms with Crippen LogP contribution >= 0.6 is 0 Å². The van der Waals surface area contributed by atoms with Crippen LogP contribution in [-0.4, -0.2) is 42.8 Å². The Labute approximate surface area is 107 Å². The van der Waals surface area contributed by atoms with Crippen molar-refractivity contribution in [2.45, 2.75) is 12.8 Å². The van der Waals surface area contributed by atoms with Crippen LogP contribution in [0.25, 0.3) is 0 Å². The minimum Gasteiger partial charge on any atom is -0.315 e. The maximum absolute atomic E-state index is 11.6. The van der Waals surface area contributed by atoms with Crippen molar-refractivity contribution in [1.29, 1.82) is 0 Å². The Balaban J connectivity index is 1.78. The normalized spacial score (nSPS) is 29.1. The molecular formula is C12H19N3O2S. The Hall–Kier alpha value is -0.880. The Morgan fingerprint density at radius 3 is 2.78 bits per heavy atom. The van der Waals surface area contributed by atoms with Gasteiger partial charge in [0.25, 0.3) is 0 Å². The van der Waals surface area contributed by atoms with Crippen LogP contribution in [0.4, 0.5) is 0 Å². The van der Waals surface area contributed by atoms with Gasteiger partial charge in [0.15, 0.2) is 9.84 Å². The second kappa shape index (κ2) is 4.06. The van der Waals surface area contributed by atoms with E-state index in [0.717, 1.165) is 25.9 Å². The number of sulfone groups is 1. The lowest BCUT2D eigenvalue weighted by molar-refractivity contribution is 0.0924. The third kappa shape index (κ3) is 2.07. The molecule has 1 N–H and O–H groups in total. The van der Waals surface area contributed by atoms with Crippen molar-refractivity contribution in [2.75, 3.05) is 24.6 Å². The van der Waals surface area contributed by atoms with Crippen LogP contribution in [-0.2, 0) is 23.3 Å². The van der Waals surface area contributed by atoms with Gasteiger partial charge in [-0.2, -0.15) is 5.10 Å². The van der Waals surface area contributed by atoms with E-state index in [1.165, 1.54) is 5.56 Å². The van der Waals surface area contributed by atoms with Gasteiger partial charge in [0, 0.05) is 31.7 Å². The first-order valence-electron chi connectivity index (χ1n) is 6.38. The average molecular weight is 269 g/mol. The molecule has 0 saturated carbocycles. The molecule has 2 fully saturated rings. The van der Waals surface area contributed by atoms with Gasteiger partial charge in [0.05, 0.1) is 17.7 Å². The second-order valence-corrected chi connectivity index (χ2v) is 7.99. The number of nitrogens with one attached hydrogen (secondary N) is 1. The molecule has 0 amide bonds. The fourth-order valence-corrected chi connectivity index (χ4v) is 5.20. The molecule has 2 saturated heterocycles. The van der Waals surface area contributed by atoms with Gasteiger partial charge in [-0.05, 0) is 24.3 Å². The standard InChI is InChI=1S/C12H19N3O2S/c1-15-6-10(5-14-15)4-12(8-13-9-12)11-2-3-18(16,17)7-11/h5-6,11,13H,2-4,7-9H2,1H3. The molecule has 6 heteroatoms. The smallest absolute Gasteiger partial charge is 0.150 e. The first-order chi connectivity index (χ1) is 8.49. The Bertz CT molecular complexity index is 545. The maximum atomic E-state index is 11.6. The summed E-state index contributed by atoms with van der Waals surface area (Å²) < 4.78 is 25.1. The summed E-state index contributed by atoms with van der Waals surface area (Å²) >= 11 is 0. The lowest BCUT2D eigenvalue weighted by atomic mass is 9.67. The van der Waals surface area contributed by atoms with E-state index in [1.54, 1.807) is 4.68 Å². The lowest BCUT2D eigenvalue weighted by Crippen LogP contribution is -2.59. The summed E-state index contributed by atoms with van der Waals surface area (Å²) in [5.74, 6) is 1.05. The highest BCUT2D eigenvalue weighted by Crippen LogP contribution is 2.41. The number of rotatable bonds is 3. The summed E-state index contributed by atoms with van der Waals surface area (Å²) in [5.41, 5.74) is 1.34. The summed E-state index contributed by atoms with van der Waals surface area (Å²) in [6, 6.07) is 0. The molecule has 5 nitrogen and oxygen atoms in total. The number of hydrogen-bond acceptors (Lipinski definition) is 4. The fourth-order valence-electron chi connectivity index (χ4n) is 3.25. The predicted molar refractivity (Wildman–Crippen MR) is 69.0 cm³/mol. The highest BCUT2D eigenvalue weighted by Gasteiger charge is 2.48. The second-order valence-electron chi connectivity index (χ2n) is 5.76. The molecule has 0 spiro atoms. The minimum atomic E-state index is -2.79. The van der Waals surface area contributed by atoms with Gasteiger partial charge in [-0.3, -0.25) is 4.68 Å². The van der Waals surface area contributed by atoms with E-state index in [2.05, 4.69) is 10.4 Å². The Kier molecular flexibility index (Phi) is 2.75. The van der Waals surface area contributed by atoms with Crippen molar-refractivity contribution in [3.05, 3.63) is 18.0 Å². The van der Waals surface area contributed by atoms with Crippen molar-refractivity contribution >= 4 is 9.84 Å². The summed E-state index contributed by atoms with van der Waals surface area (Å²) in [4.78, 5) is 0. The van der Waals surface area contributed by atoms with Gasteiger partial charge in [-0.15, -0.1) is 0 Å². The van der Waals surface area contributed by atoms with Crippen molar-refractivity contribution < 1.29 is 8.42 Å². The molecule has 1 aromatic heterocycles. The van der Waals surface area contributed by atoms with Gasteiger partial charge in [0.2, 0.25) is 0 Å². The van der Waals surface area contributed by atoms with E-state index >= 15 is 0 Å². The third-order valence-corrected chi connectivity index (χ3v) is 6.14. The predicted octanol–water partition coefficient (Wildman–Crippen LogP) is -0.0131. The lowest BCUT2D eigenvalue weighted by Gasteiger charge is -2.47. The van der Waals surface area contributed by atoms with E-state index < -0.39 is 9.84 Å². The quantitative estimate of drug-likeness (QED) is 0.838. The number of aryl methyl sites for hydroxylation is 1. The molecule has 2 aliphatic heterocycles. The number of hydrogen-bond donors (Lipinski definition) is 1. The van der Waals surface area contributed by atoms with Gasteiger partial charge >= 0.3 is 0 Å². The molecule has 2 aliphatic rings. The van der Waals surface area contributed by atoms with Crippen LogP contribution in [0.2, 0.25) is 0 Å². The molecule has 0 aromatic carbocycles.